The molecule has 0 spiro atoms. The third-order valence-electron chi connectivity index (χ3n) is 3.44. The number of nitrogens with one attached hydrogen (secondary N) is 2. The van der Waals surface area contributed by atoms with Gasteiger partial charge in [-0.1, -0.05) is 6.42 Å². The van der Waals surface area contributed by atoms with Gasteiger partial charge in [0.05, 0.1) is 17.5 Å². The van der Waals surface area contributed by atoms with Crippen LogP contribution in [0.2, 0.25) is 0 Å². The summed E-state index contributed by atoms with van der Waals surface area (Å²) >= 11 is 0. The molecule has 18 heavy (non-hydrogen) atoms. The van der Waals surface area contributed by atoms with E-state index in [0.717, 1.165) is 32.2 Å². The maximum absolute atomic E-state index is 11.9. The van der Waals surface area contributed by atoms with E-state index in [2.05, 4.69) is 10.6 Å². The molecule has 0 aromatic carbocycles. The molecule has 2 aliphatic heterocycles. The molecule has 0 bridgehead atoms. The van der Waals surface area contributed by atoms with Gasteiger partial charge in [0.15, 0.2) is 9.84 Å². The minimum Gasteiger partial charge on any atom is -0.351 e. The van der Waals surface area contributed by atoms with Gasteiger partial charge < -0.3 is 10.6 Å². The van der Waals surface area contributed by atoms with Crippen molar-refractivity contribution in [1.82, 2.24) is 10.6 Å². The van der Waals surface area contributed by atoms with Crippen molar-refractivity contribution in [1.29, 1.82) is 0 Å². The van der Waals surface area contributed by atoms with E-state index in [9.17, 15) is 13.2 Å². The summed E-state index contributed by atoms with van der Waals surface area (Å²) in [4.78, 5) is 11.9. The van der Waals surface area contributed by atoms with Crippen molar-refractivity contribution in [3.8, 4) is 0 Å². The molecule has 1 amide bonds. The Morgan fingerprint density at radius 3 is 2.56 bits per heavy atom. The number of hydrogen-bond acceptors (Lipinski definition) is 4. The number of hydrogen-bond donors (Lipinski definition) is 2. The van der Waals surface area contributed by atoms with Crippen LogP contribution in [0.1, 0.15) is 32.1 Å². The average molecular weight is 297 g/mol. The van der Waals surface area contributed by atoms with Gasteiger partial charge in [0.2, 0.25) is 5.91 Å². The molecule has 2 atom stereocenters. The Bertz CT molecular complexity index is 380. The molecule has 0 aromatic heterocycles. The smallest absolute Gasteiger partial charge is 0.237 e. The van der Waals surface area contributed by atoms with E-state index in [1.54, 1.807) is 0 Å². The minimum atomic E-state index is -2.94. The van der Waals surface area contributed by atoms with Gasteiger partial charge in [-0.3, -0.25) is 4.79 Å². The normalized spacial score (nSPS) is 31.1. The highest BCUT2D eigenvalue weighted by atomic mass is 35.5. The minimum absolute atomic E-state index is 0. The second-order valence-corrected chi connectivity index (χ2v) is 7.19. The van der Waals surface area contributed by atoms with Crippen LogP contribution < -0.4 is 10.6 Å². The first-order valence-corrected chi connectivity index (χ1v) is 8.13. The summed E-state index contributed by atoms with van der Waals surface area (Å²) in [6.45, 7) is 0.876. The van der Waals surface area contributed by atoms with Crippen molar-refractivity contribution in [2.45, 2.75) is 44.2 Å². The Morgan fingerprint density at radius 1 is 1.17 bits per heavy atom. The van der Waals surface area contributed by atoms with Crippen LogP contribution in [0.4, 0.5) is 0 Å². The van der Waals surface area contributed by atoms with Crippen molar-refractivity contribution in [3.63, 3.8) is 0 Å². The fourth-order valence-corrected chi connectivity index (χ4v) is 4.15. The molecule has 0 saturated carbocycles. The van der Waals surface area contributed by atoms with Gasteiger partial charge in [-0.15, -0.1) is 12.4 Å². The molecule has 2 saturated heterocycles. The second-order valence-electron chi connectivity index (χ2n) is 4.96. The molecule has 5 nitrogen and oxygen atoms in total. The quantitative estimate of drug-likeness (QED) is 0.766. The van der Waals surface area contributed by atoms with Gasteiger partial charge >= 0.3 is 0 Å². The van der Waals surface area contributed by atoms with Crippen LogP contribution in [-0.2, 0) is 14.6 Å². The van der Waals surface area contributed by atoms with Crippen LogP contribution in [-0.4, -0.2) is 44.5 Å². The van der Waals surface area contributed by atoms with Crippen LogP contribution >= 0.6 is 12.4 Å². The molecule has 1 unspecified atom stereocenters. The summed E-state index contributed by atoms with van der Waals surface area (Å²) in [6, 6.07) is -0.321. The predicted molar refractivity (Wildman–Crippen MR) is 72.7 cm³/mol. The second kappa shape index (κ2) is 6.73. The van der Waals surface area contributed by atoms with E-state index >= 15 is 0 Å². The zero-order chi connectivity index (χ0) is 12.3. The SMILES string of the molecule is Cl.O=C(NC1CCCS(=O)(=O)C1)[C@@H]1CCCCN1. The van der Waals surface area contributed by atoms with Crippen molar-refractivity contribution in [2.24, 2.45) is 0 Å². The van der Waals surface area contributed by atoms with Crippen LogP contribution in [0.25, 0.3) is 0 Å². The molecule has 0 radical (unpaired) electrons. The van der Waals surface area contributed by atoms with E-state index in [0.29, 0.717) is 6.42 Å². The number of rotatable bonds is 2. The number of halogens is 1. The van der Waals surface area contributed by atoms with E-state index in [4.69, 9.17) is 0 Å². The van der Waals surface area contributed by atoms with E-state index < -0.39 is 9.84 Å². The molecule has 0 aliphatic carbocycles. The molecule has 2 aliphatic rings. The highest BCUT2D eigenvalue weighted by Gasteiger charge is 2.28. The van der Waals surface area contributed by atoms with E-state index in [1.807, 2.05) is 0 Å². The first kappa shape index (κ1) is 15.7. The Labute approximate surface area is 114 Å². The molecule has 7 heteroatoms. The molecule has 106 valence electrons. The lowest BCUT2D eigenvalue weighted by Gasteiger charge is -2.27. The lowest BCUT2D eigenvalue weighted by atomic mass is 10.0. The maximum atomic E-state index is 11.9. The predicted octanol–water partition coefficient (Wildman–Crippen LogP) is 0.244. The van der Waals surface area contributed by atoms with Gasteiger partial charge in [-0.25, -0.2) is 8.42 Å². The number of amides is 1. The van der Waals surface area contributed by atoms with Crippen LogP contribution in [0.3, 0.4) is 0 Å². The summed E-state index contributed by atoms with van der Waals surface area (Å²) in [6.07, 6.45) is 4.46. The van der Waals surface area contributed by atoms with Gasteiger partial charge in [-0.05, 0) is 32.2 Å². The Hall–Kier alpha value is -0.330. The Balaban J connectivity index is 0.00000162. The zero-order valence-electron chi connectivity index (χ0n) is 10.4. The van der Waals surface area contributed by atoms with Crippen molar-refractivity contribution in [2.75, 3.05) is 18.1 Å². The maximum Gasteiger partial charge on any atom is 0.237 e. The number of carbonyl (C=O) groups excluding carboxylic acids is 1. The van der Waals surface area contributed by atoms with Crippen LogP contribution in [0, 0.1) is 0 Å². The first-order valence-electron chi connectivity index (χ1n) is 6.31. The van der Waals surface area contributed by atoms with E-state index in [-0.39, 0.29) is 41.9 Å². The summed E-state index contributed by atoms with van der Waals surface area (Å²) in [5.41, 5.74) is 0. The van der Waals surface area contributed by atoms with Gasteiger partial charge in [0, 0.05) is 6.04 Å². The molecule has 0 aromatic rings. The number of carbonyl (C=O) groups is 1. The van der Waals surface area contributed by atoms with Crippen LogP contribution in [0.5, 0.6) is 0 Å². The topological polar surface area (TPSA) is 75.3 Å². The van der Waals surface area contributed by atoms with Gasteiger partial charge in [-0.2, -0.15) is 0 Å². The summed E-state index contributed by atoms with van der Waals surface area (Å²) in [7, 11) is -2.94. The molecule has 2 fully saturated rings. The highest BCUT2D eigenvalue weighted by Crippen LogP contribution is 2.13. The lowest BCUT2D eigenvalue weighted by Crippen LogP contribution is -2.52. The molecular weight excluding hydrogens is 276 g/mol. The third kappa shape index (κ3) is 4.40. The molecule has 2 rings (SSSR count). The fraction of sp³-hybridized carbons (Fsp3) is 0.909. The highest BCUT2D eigenvalue weighted by molar-refractivity contribution is 7.91. The zero-order valence-corrected chi connectivity index (χ0v) is 12.0. The first-order chi connectivity index (χ1) is 8.07. The molecule has 2 heterocycles. The summed E-state index contributed by atoms with van der Waals surface area (Å²) in [5.74, 6) is 0.332. The van der Waals surface area contributed by atoms with Gasteiger partial charge in [0.25, 0.3) is 0 Å². The van der Waals surface area contributed by atoms with E-state index in [1.165, 1.54) is 0 Å². The standard InChI is InChI=1S/C11H20N2O3S.ClH/c14-11(10-5-1-2-6-12-10)13-9-4-3-7-17(15,16)8-9;/h9-10,12H,1-8H2,(H,13,14);1H/t9?,10-;/m0./s1. The van der Waals surface area contributed by atoms with Crippen molar-refractivity contribution in [3.05, 3.63) is 0 Å². The third-order valence-corrected chi connectivity index (χ3v) is 5.26. The molecular formula is C11H21ClN2O3S. The Morgan fingerprint density at radius 2 is 1.94 bits per heavy atom. The monoisotopic (exact) mass is 296 g/mol. The Kier molecular flexibility index (Phi) is 5.88. The van der Waals surface area contributed by atoms with Crippen LogP contribution in [0.15, 0.2) is 0 Å². The molecule has 2 N–H and O–H groups in total. The fourth-order valence-electron chi connectivity index (χ4n) is 2.51. The van der Waals surface area contributed by atoms with Gasteiger partial charge in [0.1, 0.15) is 0 Å². The van der Waals surface area contributed by atoms with Crippen molar-refractivity contribution >= 4 is 28.2 Å². The summed E-state index contributed by atoms with van der Waals surface area (Å²) < 4.78 is 22.9. The number of piperidine rings is 1. The average Bonchev–Trinajstić information content (AvgIpc) is 2.29. The largest absolute Gasteiger partial charge is 0.351 e. The number of sulfone groups is 1. The lowest BCUT2D eigenvalue weighted by molar-refractivity contribution is -0.124. The summed E-state index contributed by atoms with van der Waals surface area (Å²) in [5, 5.41) is 6.03. The van der Waals surface area contributed by atoms with Crippen molar-refractivity contribution < 1.29 is 13.2 Å².